The molecule has 1 aliphatic heterocycles. The lowest BCUT2D eigenvalue weighted by molar-refractivity contribution is -0.135. The fourth-order valence-corrected chi connectivity index (χ4v) is 2.66. The maximum Gasteiger partial charge on any atom is 0.330 e. The van der Waals surface area contributed by atoms with Gasteiger partial charge in [-0.3, -0.25) is 0 Å². The highest BCUT2D eigenvalue weighted by Crippen LogP contribution is 2.59. The van der Waals surface area contributed by atoms with Crippen molar-refractivity contribution in [3.63, 3.8) is 0 Å². The molecule has 0 aromatic heterocycles. The van der Waals surface area contributed by atoms with Gasteiger partial charge in [0.2, 0.25) is 0 Å². The number of carbonyl (C=O) groups is 2. The number of methoxy groups -OCH3 is 2. The van der Waals surface area contributed by atoms with Gasteiger partial charge in [-0.25, -0.2) is 9.59 Å². The number of carbonyl (C=O) groups excluding carboxylic acids is 2. The Morgan fingerprint density at radius 3 is 1.74 bits per heavy atom. The number of epoxide rings is 1. The van der Waals surface area contributed by atoms with E-state index in [0.717, 1.165) is 25.7 Å². The van der Waals surface area contributed by atoms with Gasteiger partial charge >= 0.3 is 11.9 Å². The number of hydrogen-bond acceptors (Lipinski definition) is 5. The lowest BCUT2D eigenvalue weighted by atomic mass is 9.79. The van der Waals surface area contributed by atoms with Crippen molar-refractivity contribution < 1.29 is 23.8 Å². The number of ether oxygens (including phenoxy) is 3. The van der Waals surface area contributed by atoms with Crippen LogP contribution in [0.1, 0.15) is 25.7 Å². The monoisotopic (exact) mass is 266 g/mol. The molecule has 5 heteroatoms. The van der Waals surface area contributed by atoms with Crippen molar-refractivity contribution in [3.8, 4) is 0 Å². The smallest absolute Gasteiger partial charge is 0.330 e. The van der Waals surface area contributed by atoms with E-state index in [1.54, 1.807) is 12.2 Å². The average Bonchev–Trinajstić information content (AvgIpc) is 3.12. The standard InChI is InChI=1S/C14H18O5/c1-17-11(15)5-9-13-7-3-4-8-14(13,19-13)10-6-12(16)18-2/h5-6,9-10H,3-4,7-8H2,1-2H3/b9-5+,10-6+. The van der Waals surface area contributed by atoms with Gasteiger partial charge in [-0.05, 0) is 37.8 Å². The van der Waals surface area contributed by atoms with Crippen molar-refractivity contribution in [2.24, 2.45) is 0 Å². The summed E-state index contributed by atoms with van der Waals surface area (Å²) in [7, 11) is 2.67. The van der Waals surface area contributed by atoms with Crippen LogP contribution < -0.4 is 0 Å². The summed E-state index contributed by atoms with van der Waals surface area (Å²) >= 11 is 0. The molecule has 0 N–H and O–H groups in total. The van der Waals surface area contributed by atoms with Gasteiger partial charge in [-0.1, -0.05) is 0 Å². The van der Waals surface area contributed by atoms with Crippen molar-refractivity contribution in [1.82, 2.24) is 0 Å². The first-order valence-electron chi connectivity index (χ1n) is 6.32. The molecule has 1 saturated heterocycles. The van der Waals surface area contributed by atoms with Crippen molar-refractivity contribution in [3.05, 3.63) is 24.3 Å². The summed E-state index contributed by atoms with van der Waals surface area (Å²) < 4.78 is 15.0. The molecule has 2 rings (SSSR count). The highest BCUT2D eigenvalue weighted by Gasteiger charge is 2.67. The minimum Gasteiger partial charge on any atom is -0.466 e. The molecule has 1 saturated carbocycles. The van der Waals surface area contributed by atoms with Crippen LogP contribution in [-0.4, -0.2) is 37.4 Å². The number of fused-ring (bicyclic) bond motifs is 1. The number of hydrogen-bond donors (Lipinski definition) is 0. The van der Waals surface area contributed by atoms with E-state index < -0.39 is 23.1 Å². The van der Waals surface area contributed by atoms with Crippen LogP contribution in [0.5, 0.6) is 0 Å². The highest BCUT2D eigenvalue weighted by molar-refractivity contribution is 5.83. The fraction of sp³-hybridized carbons (Fsp3) is 0.571. The van der Waals surface area contributed by atoms with Crippen LogP contribution in [0.4, 0.5) is 0 Å². The van der Waals surface area contributed by atoms with E-state index in [1.807, 2.05) is 0 Å². The summed E-state index contributed by atoms with van der Waals surface area (Å²) in [6, 6.07) is 0. The van der Waals surface area contributed by atoms with Gasteiger partial charge in [0, 0.05) is 12.2 Å². The summed E-state index contributed by atoms with van der Waals surface area (Å²) in [5.74, 6) is -0.803. The Hall–Kier alpha value is -1.62. The SMILES string of the molecule is COC(=O)/C=C/C12CCCCC1(/C=C/C(=O)OC)O2. The van der Waals surface area contributed by atoms with Crippen molar-refractivity contribution >= 4 is 11.9 Å². The molecular weight excluding hydrogens is 248 g/mol. The van der Waals surface area contributed by atoms with Gasteiger partial charge in [-0.2, -0.15) is 0 Å². The van der Waals surface area contributed by atoms with E-state index in [-0.39, 0.29) is 0 Å². The maximum absolute atomic E-state index is 11.2. The van der Waals surface area contributed by atoms with Gasteiger partial charge in [0.25, 0.3) is 0 Å². The second kappa shape index (κ2) is 5.17. The van der Waals surface area contributed by atoms with Crippen LogP contribution in [0, 0.1) is 0 Å². The van der Waals surface area contributed by atoms with Gasteiger partial charge in [0.1, 0.15) is 11.2 Å². The predicted molar refractivity (Wildman–Crippen MR) is 67.3 cm³/mol. The van der Waals surface area contributed by atoms with Crippen LogP contribution in [-0.2, 0) is 23.8 Å². The summed E-state index contributed by atoms with van der Waals surface area (Å²) in [6.07, 6.45) is 10.0. The Balaban J connectivity index is 2.12. The first kappa shape index (κ1) is 13.8. The molecule has 0 bridgehead atoms. The van der Waals surface area contributed by atoms with Crippen molar-refractivity contribution in [2.75, 3.05) is 14.2 Å². The van der Waals surface area contributed by atoms with Crippen LogP contribution in [0.2, 0.25) is 0 Å². The van der Waals surface area contributed by atoms with E-state index in [9.17, 15) is 9.59 Å². The quantitative estimate of drug-likeness (QED) is 0.438. The molecule has 2 fully saturated rings. The van der Waals surface area contributed by atoms with Gasteiger partial charge in [0.15, 0.2) is 0 Å². The Labute approximate surface area is 112 Å². The first-order chi connectivity index (χ1) is 9.07. The Bertz CT molecular complexity index is 399. The predicted octanol–water partition coefficient (Wildman–Crippen LogP) is 1.53. The third kappa shape index (κ3) is 2.56. The van der Waals surface area contributed by atoms with Crippen LogP contribution in [0.3, 0.4) is 0 Å². The summed E-state index contributed by atoms with van der Waals surface area (Å²) in [5, 5.41) is 0. The molecule has 104 valence electrons. The van der Waals surface area contributed by atoms with E-state index >= 15 is 0 Å². The second-order valence-corrected chi connectivity index (χ2v) is 4.80. The average molecular weight is 266 g/mol. The summed E-state index contributed by atoms with van der Waals surface area (Å²) in [4.78, 5) is 22.4. The van der Waals surface area contributed by atoms with Gasteiger partial charge < -0.3 is 14.2 Å². The third-order valence-corrected chi connectivity index (χ3v) is 3.76. The number of rotatable bonds is 4. The number of esters is 2. The topological polar surface area (TPSA) is 65.1 Å². The zero-order chi connectivity index (χ0) is 13.9. The van der Waals surface area contributed by atoms with E-state index in [0.29, 0.717) is 0 Å². The molecule has 5 nitrogen and oxygen atoms in total. The van der Waals surface area contributed by atoms with Gasteiger partial charge in [-0.15, -0.1) is 0 Å². The van der Waals surface area contributed by atoms with E-state index in [1.165, 1.54) is 26.4 Å². The van der Waals surface area contributed by atoms with Crippen molar-refractivity contribution in [2.45, 2.75) is 36.9 Å². The van der Waals surface area contributed by atoms with Crippen LogP contribution >= 0.6 is 0 Å². The molecule has 0 amide bonds. The molecule has 0 radical (unpaired) electrons. The van der Waals surface area contributed by atoms with Crippen LogP contribution in [0.25, 0.3) is 0 Å². The second-order valence-electron chi connectivity index (χ2n) is 4.80. The molecule has 2 aliphatic rings. The lowest BCUT2D eigenvalue weighted by Gasteiger charge is -2.19. The molecule has 1 heterocycles. The molecule has 0 spiro atoms. The zero-order valence-electron chi connectivity index (χ0n) is 11.2. The zero-order valence-corrected chi connectivity index (χ0v) is 11.2. The Morgan fingerprint density at radius 2 is 1.37 bits per heavy atom. The Kier molecular flexibility index (Phi) is 3.75. The lowest BCUT2D eigenvalue weighted by Crippen LogP contribution is -2.27. The van der Waals surface area contributed by atoms with Crippen LogP contribution in [0.15, 0.2) is 24.3 Å². The molecule has 0 aromatic carbocycles. The van der Waals surface area contributed by atoms with Crippen molar-refractivity contribution in [1.29, 1.82) is 0 Å². The largest absolute Gasteiger partial charge is 0.466 e. The van der Waals surface area contributed by atoms with Gasteiger partial charge in [0.05, 0.1) is 14.2 Å². The molecule has 2 atom stereocenters. The molecular formula is C14H18O5. The molecule has 0 aromatic rings. The Morgan fingerprint density at radius 1 is 0.947 bits per heavy atom. The minimum absolute atomic E-state index is 0.402. The van der Waals surface area contributed by atoms with E-state index in [4.69, 9.17) is 4.74 Å². The molecule has 19 heavy (non-hydrogen) atoms. The first-order valence-corrected chi connectivity index (χ1v) is 6.32. The molecule has 1 aliphatic carbocycles. The summed E-state index contributed by atoms with van der Waals surface area (Å²) in [5.41, 5.74) is -0.937. The van der Waals surface area contributed by atoms with E-state index in [2.05, 4.69) is 9.47 Å². The molecule has 2 unspecified atom stereocenters. The fourth-order valence-electron chi connectivity index (χ4n) is 2.66. The minimum atomic E-state index is -0.468. The third-order valence-electron chi connectivity index (χ3n) is 3.76. The highest BCUT2D eigenvalue weighted by atomic mass is 16.6. The normalized spacial score (nSPS) is 33.2. The summed E-state index contributed by atoms with van der Waals surface area (Å²) in [6.45, 7) is 0. The maximum atomic E-state index is 11.2.